The highest BCUT2D eigenvalue weighted by atomic mass is 16.5. The van der Waals surface area contributed by atoms with E-state index in [1.807, 2.05) is 6.92 Å². The molecule has 16 heavy (non-hydrogen) atoms. The molecular weight excluding hydrogens is 206 g/mol. The lowest BCUT2D eigenvalue weighted by Gasteiger charge is -2.31. The normalized spacial score (nSPS) is 19.6. The molecule has 94 valence electrons. The zero-order valence-corrected chi connectivity index (χ0v) is 10.7. The Labute approximate surface area is 97.9 Å². The average Bonchev–Trinajstić information content (AvgIpc) is 3.11. The van der Waals surface area contributed by atoms with Crippen molar-refractivity contribution < 1.29 is 14.3 Å². The van der Waals surface area contributed by atoms with Crippen LogP contribution in [0.2, 0.25) is 0 Å². The number of methoxy groups -OCH3 is 2. The third-order valence-corrected chi connectivity index (χ3v) is 3.39. The van der Waals surface area contributed by atoms with Gasteiger partial charge in [-0.3, -0.25) is 9.69 Å². The Kier molecular flexibility index (Phi) is 5.22. The number of hydrogen-bond donors (Lipinski definition) is 0. The fourth-order valence-corrected chi connectivity index (χ4v) is 1.99. The first kappa shape index (κ1) is 13.5. The molecule has 4 heteroatoms. The maximum atomic E-state index is 11.5. The topological polar surface area (TPSA) is 38.8 Å². The molecule has 0 aromatic carbocycles. The Bertz CT molecular complexity index is 228. The van der Waals surface area contributed by atoms with E-state index in [2.05, 4.69) is 11.8 Å². The molecule has 0 N–H and O–H groups in total. The minimum Gasteiger partial charge on any atom is -0.469 e. The van der Waals surface area contributed by atoms with Crippen molar-refractivity contribution in [3.05, 3.63) is 0 Å². The van der Waals surface area contributed by atoms with Crippen molar-refractivity contribution in [2.24, 2.45) is 5.92 Å². The highest BCUT2D eigenvalue weighted by molar-refractivity contribution is 5.72. The van der Waals surface area contributed by atoms with Gasteiger partial charge in [0.05, 0.1) is 19.6 Å². The predicted octanol–water partition coefficient (Wildman–Crippen LogP) is 1.29. The first-order valence-electron chi connectivity index (χ1n) is 5.94. The predicted molar refractivity (Wildman–Crippen MR) is 62.2 cm³/mol. The number of nitrogens with zero attached hydrogens (tertiary/aromatic N) is 1. The van der Waals surface area contributed by atoms with Gasteiger partial charge in [-0.15, -0.1) is 0 Å². The van der Waals surface area contributed by atoms with E-state index in [0.717, 1.165) is 6.54 Å². The van der Waals surface area contributed by atoms with Crippen LogP contribution in [0, 0.1) is 5.92 Å². The van der Waals surface area contributed by atoms with E-state index in [1.54, 1.807) is 7.11 Å². The smallest absolute Gasteiger partial charge is 0.309 e. The van der Waals surface area contributed by atoms with E-state index >= 15 is 0 Å². The molecule has 0 bridgehead atoms. The molecule has 2 atom stereocenters. The summed E-state index contributed by atoms with van der Waals surface area (Å²) >= 11 is 0. The molecule has 0 amide bonds. The van der Waals surface area contributed by atoms with Crippen LogP contribution in [0.1, 0.15) is 26.7 Å². The molecular formula is C12H23NO3. The molecule has 0 spiro atoms. The van der Waals surface area contributed by atoms with Crippen LogP contribution in [0.5, 0.6) is 0 Å². The van der Waals surface area contributed by atoms with Crippen LogP contribution in [0.3, 0.4) is 0 Å². The molecule has 1 fully saturated rings. The summed E-state index contributed by atoms with van der Waals surface area (Å²) in [5.41, 5.74) is 0. The molecule has 1 aliphatic rings. The zero-order chi connectivity index (χ0) is 12.1. The summed E-state index contributed by atoms with van der Waals surface area (Å²) in [6, 6.07) is 0.854. The van der Waals surface area contributed by atoms with Gasteiger partial charge in [0.25, 0.3) is 0 Å². The Morgan fingerprint density at radius 2 is 2.00 bits per heavy atom. The molecule has 1 rings (SSSR count). The second-order valence-corrected chi connectivity index (χ2v) is 4.51. The molecule has 0 aromatic heterocycles. The first-order valence-corrected chi connectivity index (χ1v) is 5.94. The third kappa shape index (κ3) is 3.46. The highest BCUT2D eigenvalue weighted by Crippen LogP contribution is 2.30. The first-order chi connectivity index (χ1) is 7.61. The van der Waals surface area contributed by atoms with Crippen LogP contribution in [0.25, 0.3) is 0 Å². The van der Waals surface area contributed by atoms with Gasteiger partial charge in [0, 0.05) is 25.7 Å². The van der Waals surface area contributed by atoms with Gasteiger partial charge >= 0.3 is 5.97 Å². The molecule has 1 aliphatic carbocycles. The fraction of sp³-hybridized carbons (Fsp3) is 0.917. The van der Waals surface area contributed by atoms with Gasteiger partial charge in [-0.05, 0) is 19.8 Å². The monoisotopic (exact) mass is 229 g/mol. The minimum atomic E-state index is -0.129. The SMILES string of the molecule is COCCN(C1CC1)C(C)C(C)C(=O)OC. The molecule has 0 aliphatic heterocycles. The van der Waals surface area contributed by atoms with Crippen LogP contribution in [-0.2, 0) is 14.3 Å². The molecule has 0 heterocycles. The Morgan fingerprint density at radius 1 is 1.38 bits per heavy atom. The molecule has 0 saturated heterocycles. The van der Waals surface area contributed by atoms with E-state index in [1.165, 1.54) is 20.0 Å². The lowest BCUT2D eigenvalue weighted by atomic mass is 10.0. The number of rotatable bonds is 7. The lowest BCUT2D eigenvalue weighted by Crippen LogP contribution is -2.43. The Hall–Kier alpha value is -0.610. The number of carbonyl (C=O) groups excluding carboxylic acids is 1. The third-order valence-electron chi connectivity index (χ3n) is 3.39. The summed E-state index contributed by atoms with van der Waals surface area (Å²) in [5.74, 6) is -0.210. The summed E-state index contributed by atoms with van der Waals surface area (Å²) < 4.78 is 9.90. The van der Waals surface area contributed by atoms with Crippen molar-refractivity contribution in [3.63, 3.8) is 0 Å². The molecule has 4 nitrogen and oxygen atoms in total. The summed E-state index contributed by atoms with van der Waals surface area (Å²) in [6.07, 6.45) is 2.48. The Morgan fingerprint density at radius 3 is 2.44 bits per heavy atom. The van der Waals surface area contributed by atoms with Gasteiger partial charge in [-0.2, -0.15) is 0 Å². The maximum absolute atomic E-state index is 11.5. The van der Waals surface area contributed by atoms with Crippen molar-refractivity contribution in [1.29, 1.82) is 0 Å². The van der Waals surface area contributed by atoms with Gasteiger partial charge in [-0.25, -0.2) is 0 Å². The largest absolute Gasteiger partial charge is 0.469 e. The van der Waals surface area contributed by atoms with Crippen molar-refractivity contribution in [3.8, 4) is 0 Å². The second-order valence-electron chi connectivity index (χ2n) is 4.51. The summed E-state index contributed by atoms with van der Waals surface area (Å²) in [6.45, 7) is 5.63. The lowest BCUT2D eigenvalue weighted by molar-refractivity contribution is -0.147. The minimum absolute atomic E-state index is 0.0811. The van der Waals surface area contributed by atoms with Gasteiger partial charge in [0.2, 0.25) is 0 Å². The summed E-state index contributed by atoms with van der Waals surface area (Å²) in [7, 11) is 3.15. The van der Waals surface area contributed by atoms with Crippen LogP contribution >= 0.6 is 0 Å². The van der Waals surface area contributed by atoms with Gasteiger partial charge in [0.1, 0.15) is 0 Å². The average molecular weight is 229 g/mol. The molecule has 1 saturated carbocycles. The van der Waals surface area contributed by atoms with Crippen molar-refractivity contribution >= 4 is 5.97 Å². The van der Waals surface area contributed by atoms with Gasteiger partial charge in [-0.1, -0.05) is 6.92 Å². The highest BCUT2D eigenvalue weighted by Gasteiger charge is 2.35. The van der Waals surface area contributed by atoms with Gasteiger partial charge in [0.15, 0.2) is 0 Å². The van der Waals surface area contributed by atoms with E-state index < -0.39 is 0 Å². The summed E-state index contributed by atoms with van der Waals surface area (Å²) in [4.78, 5) is 13.9. The van der Waals surface area contributed by atoms with Crippen LogP contribution in [-0.4, -0.2) is 50.3 Å². The van der Waals surface area contributed by atoms with E-state index in [4.69, 9.17) is 9.47 Å². The van der Waals surface area contributed by atoms with Crippen LogP contribution in [0.4, 0.5) is 0 Å². The number of hydrogen-bond acceptors (Lipinski definition) is 4. The van der Waals surface area contributed by atoms with Crippen molar-refractivity contribution in [1.82, 2.24) is 4.90 Å². The van der Waals surface area contributed by atoms with Crippen molar-refractivity contribution in [2.45, 2.75) is 38.8 Å². The van der Waals surface area contributed by atoms with Crippen LogP contribution in [0.15, 0.2) is 0 Å². The molecule has 0 radical (unpaired) electrons. The summed E-state index contributed by atoms with van der Waals surface area (Å²) in [5, 5.41) is 0. The standard InChI is InChI=1S/C12H23NO3/c1-9(12(14)16-4)10(2)13(7-8-15-3)11-5-6-11/h9-11H,5-8H2,1-4H3. The van der Waals surface area contributed by atoms with E-state index in [-0.39, 0.29) is 17.9 Å². The van der Waals surface area contributed by atoms with Crippen molar-refractivity contribution in [2.75, 3.05) is 27.4 Å². The molecule has 0 aromatic rings. The molecule has 2 unspecified atom stereocenters. The van der Waals surface area contributed by atoms with Crippen LogP contribution < -0.4 is 0 Å². The van der Waals surface area contributed by atoms with E-state index in [0.29, 0.717) is 12.6 Å². The zero-order valence-electron chi connectivity index (χ0n) is 10.7. The second kappa shape index (κ2) is 6.21. The maximum Gasteiger partial charge on any atom is 0.309 e. The Balaban J connectivity index is 2.51. The number of esters is 1. The quantitative estimate of drug-likeness (QED) is 0.617. The van der Waals surface area contributed by atoms with E-state index in [9.17, 15) is 4.79 Å². The number of carbonyl (C=O) groups is 1. The fourth-order valence-electron chi connectivity index (χ4n) is 1.99. The van der Waals surface area contributed by atoms with Gasteiger partial charge < -0.3 is 9.47 Å². The number of ether oxygens (including phenoxy) is 2.